The number of nitrogens with one attached hydrogen (secondary N) is 8. The first-order valence-electron chi connectivity index (χ1n) is 40.4. The van der Waals surface area contributed by atoms with Gasteiger partial charge >= 0.3 is 5.97 Å². The molecule has 24 N–H and O–H groups in total. The summed E-state index contributed by atoms with van der Waals surface area (Å²) in [7, 11) is 1.48. The van der Waals surface area contributed by atoms with Gasteiger partial charge in [-0.15, -0.1) is 0 Å². The van der Waals surface area contributed by atoms with Gasteiger partial charge in [-0.1, -0.05) is 101 Å². The van der Waals surface area contributed by atoms with Gasteiger partial charge in [0.05, 0.1) is 54.1 Å². The van der Waals surface area contributed by atoms with Gasteiger partial charge in [-0.2, -0.15) is 0 Å². The van der Waals surface area contributed by atoms with Crippen LogP contribution in [0.5, 0.6) is 46.0 Å². The number of unbranched alkanes of at least 4 members (excludes halogenated alkanes) is 6. The maximum Gasteiger partial charge on any atom is 0.330 e. The molecule has 8 aliphatic rings. The molecule has 10 unspecified atom stereocenters. The standard InChI is InChI=1S/C83H110ClN11O26/c1-9-10-11-12-13-14-15-25-89-34-45-50(98)30-44-59(66(45)101)58-43(17-16-18-49(58)97)61-77(109)95-64(79(111)93-62(44)80(112)113)69(119-56-32-82(6,86)72(104)37(4)114-56)39-19-22-42(23-20-39)116-52-28-41-29-53(70(52)121-81-71(68(103)67(102)54(35-96)118-81)120-57-33-83(7,87)73(105)38(5)115-57)117-51-24-21-40(27-46(51)84)65(100)63(94-74(106)47(88-8)26-36(2)3)78(110)90-48(31-55(85)99)75(107)91-60(41)76(108)92-61/h16-24,27-30,36-38,47-48,54,56-57,60-65,67-69,71-73,81,88-89,96-98,100-105H,9-15,25-26,31-35,86-87H2,1-8H3,(H2,85,99)(H,90,110)(H,91,107)(H,92,108)(H,93,111)(H,94,106)(H,95,109)(H,112,113)/t37-,38+,47?,48?,54-,56-,57+,60?,61?,62?,63?,64?,65?,67-,68+,69?,71-,72-,73-,81+,82?,83+/m1/s1. The molecule has 5 aromatic rings. The number of halogens is 1. The van der Waals surface area contributed by atoms with Crippen LogP contribution in [0.1, 0.15) is 183 Å². The number of aliphatic hydroxyl groups is 6. The van der Waals surface area contributed by atoms with Gasteiger partial charge < -0.3 is 149 Å². The molecule has 8 aliphatic heterocycles. The molecule has 3 fully saturated rings. The lowest BCUT2D eigenvalue weighted by Crippen LogP contribution is -2.64. The smallest absolute Gasteiger partial charge is 0.330 e. The third-order valence-electron chi connectivity index (χ3n) is 22.6. The fourth-order valence-corrected chi connectivity index (χ4v) is 16.2. The van der Waals surface area contributed by atoms with Crippen molar-refractivity contribution in [2.75, 3.05) is 20.2 Å². The molecule has 0 spiro atoms. The molecule has 5 aromatic carbocycles. The average molecular weight is 1710 g/mol. The largest absolute Gasteiger partial charge is 0.507 e. The van der Waals surface area contributed by atoms with Crippen molar-refractivity contribution in [3.63, 3.8) is 0 Å². The van der Waals surface area contributed by atoms with Crippen LogP contribution in [-0.4, -0.2) is 222 Å². The monoisotopic (exact) mass is 1710 g/mol. The van der Waals surface area contributed by atoms with Gasteiger partial charge in [0, 0.05) is 47.2 Å². The Labute approximate surface area is 702 Å². The van der Waals surface area contributed by atoms with Gasteiger partial charge in [-0.25, -0.2) is 4.79 Å². The van der Waals surface area contributed by atoms with Crippen molar-refractivity contribution in [3.8, 4) is 57.1 Å². The number of rotatable bonds is 25. The van der Waals surface area contributed by atoms with E-state index in [4.69, 9.17) is 66.7 Å². The van der Waals surface area contributed by atoms with Crippen molar-refractivity contribution in [2.45, 2.75) is 259 Å². The van der Waals surface area contributed by atoms with Crippen molar-refractivity contribution < 1.29 is 127 Å². The van der Waals surface area contributed by atoms with E-state index in [1.165, 1.54) is 83.3 Å². The number of nitrogens with two attached hydrogens (primary N) is 3. The number of carboxylic acid groups (broad SMARTS) is 1. The van der Waals surface area contributed by atoms with E-state index >= 15 is 24.0 Å². The molecule has 8 heterocycles. The van der Waals surface area contributed by atoms with Gasteiger partial charge in [-0.05, 0) is 131 Å². The zero-order chi connectivity index (χ0) is 88.0. The first-order valence-corrected chi connectivity index (χ1v) is 40.8. The second-order valence-electron chi connectivity index (χ2n) is 32.7. The highest BCUT2D eigenvalue weighted by Crippen LogP contribution is 2.52. The topological polar surface area (TPSA) is 587 Å². The zero-order valence-electron chi connectivity index (χ0n) is 68.1. The summed E-state index contributed by atoms with van der Waals surface area (Å²) >= 11 is 7.20. The van der Waals surface area contributed by atoms with E-state index < -0.39 is 256 Å². The number of aliphatic hydroxyl groups excluding tert-OH is 6. The number of phenols is 3. The van der Waals surface area contributed by atoms with Crippen LogP contribution < -0.4 is 73.9 Å². The highest BCUT2D eigenvalue weighted by Gasteiger charge is 2.53. The minimum Gasteiger partial charge on any atom is -0.507 e. The van der Waals surface area contributed by atoms with Crippen molar-refractivity contribution in [1.29, 1.82) is 0 Å². The molecule has 9 bridgehead atoms. The number of likely N-dealkylation sites (N-methyl/N-ethyl adjacent to an activating group) is 1. The van der Waals surface area contributed by atoms with Crippen LogP contribution in [0.2, 0.25) is 5.02 Å². The maximum absolute atomic E-state index is 16.8. The van der Waals surface area contributed by atoms with Crippen LogP contribution in [0.15, 0.2) is 78.9 Å². The fraction of sp³-hybridized carbons (Fsp3) is 0.542. The highest BCUT2D eigenvalue weighted by atomic mass is 35.5. The molecule has 660 valence electrons. The minimum absolute atomic E-state index is 0.0442. The molecular formula is C83H110ClN11O26. The quantitative estimate of drug-likeness (QED) is 0.0373. The van der Waals surface area contributed by atoms with E-state index in [1.54, 1.807) is 0 Å². The Morgan fingerprint density at radius 3 is 1.90 bits per heavy atom. The molecule has 3 saturated heterocycles. The number of primary amides is 1. The predicted molar refractivity (Wildman–Crippen MR) is 430 cm³/mol. The van der Waals surface area contributed by atoms with E-state index in [0.717, 1.165) is 68.9 Å². The number of hydrogen-bond donors (Lipinski definition) is 21. The van der Waals surface area contributed by atoms with Gasteiger partial charge in [0.1, 0.15) is 89.5 Å². The Kier molecular flexibility index (Phi) is 29.9. The number of amides is 7. The van der Waals surface area contributed by atoms with E-state index in [1.807, 2.05) is 13.8 Å². The number of aromatic hydroxyl groups is 3. The number of aliphatic carboxylic acids is 1. The Morgan fingerprint density at radius 2 is 1.29 bits per heavy atom. The molecule has 0 aromatic heterocycles. The average Bonchev–Trinajstić information content (AvgIpc) is 1.74. The molecule has 7 amide bonds. The van der Waals surface area contributed by atoms with Crippen molar-refractivity contribution in [3.05, 3.63) is 117 Å². The molecule has 0 radical (unpaired) electrons. The van der Waals surface area contributed by atoms with Crippen LogP contribution in [0.4, 0.5) is 0 Å². The highest BCUT2D eigenvalue weighted by molar-refractivity contribution is 6.32. The second kappa shape index (κ2) is 39.3. The Bertz CT molecular complexity index is 4600. The summed E-state index contributed by atoms with van der Waals surface area (Å²) in [5.74, 6) is -15.8. The third kappa shape index (κ3) is 21.0. The number of ether oxygens (including phenoxy) is 8. The Hall–Kier alpha value is -9.65. The lowest BCUT2D eigenvalue weighted by molar-refractivity contribution is -0.333. The van der Waals surface area contributed by atoms with Crippen molar-refractivity contribution >= 4 is 58.9 Å². The maximum atomic E-state index is 16.8. The second-order valence-corrected chi connectivity index (χ2v) is 33.1. The molecule has 0 saturated carbocycles. The molecule has 22 atom stereocenters. The SMILES string of the molecule is CCCCCCCCCNCc1c(O)cc2c(c1O)-c1c(O)cccc1C1NC(=O)C3NC(=O)C(CC(N)=O)NC(=O)C(NC(=O)C(CC(C)C)NC)C(O)c4ccc(c(Cl)c4)Oc4cc3cc(c4O[C@@H]3O[C@H](CO)[C@@H](O)[C@H](O)[C@H]3O[C@H]3C[C@](C)(N)[C@H](O)[C@H](C)O3)Oc3ccc(cc3)C(O[C@@H]3CC(C)(N)[C@H](O)[C@@H](C)O3)C(NC1=O)C(=O)NC2C(=O)O. The summed E-state index contributed by atoms with van der Waals surface area (Å²) in [5.41, 5.74) is 13.0. The number of carboxylic acids is 1. The number of phenolic OH excluding ortho intramolecular Hbond substituents is 3. The number of fused-ring (bicyclic) bond motifs is 14. The van der Waals surface area contributed by atoms with E-state index in [0.29, 0.717) is 13.0 Å². The lowest BCUT2D eigenvalue weighted by atomic mass is 9.86. The van der Waals surface area contributed by atoms with Crippen LogP contribution in [-0.2, 0) is 68.6 Å². The number of carbonyl (C=O) groups is 8. The van der Waals surface area contributed by atoms with E-state index in [-0.39, 0.29) is 64.9 Å². The minimum atomic E-state index is -2.41. The summed E-state index contributed by atoms with van der Waals surface area (Å²) in [6.07, 6.45) is -16.0. The summed E-state index contributed by atoms with van der Waals surface area (Å²) < 4.78 is 52.2. The molecule has 37 nitrogen and oxygen atoms in total. The molecule has 121 heavy (non-hydrogen) atoms. The summed E-state index contributed by atoms with van der Waals surface area (Å²) in [6.45, 7) is 10.8. The number of carbonyl (C=O) groups excluding carboxylic acids is 7. The molecular weight excluding hydrogens is 1600 g/mol. The van der Waals surface area contributed by atoms with Gasteiger partial charge in [0.2, 0.25) is 53.4 Å². The van der Waals surface area contributed by atoms with Gasteiger partial charge in [-0.3, -0.25) is 33.6 Å². The van der Waals surface area contributed by atoms with E-state index in [2.05, 4.69) is 49.5 Å². The molecule has 13 rings (SSSR count). The molecule has 38 heteroatoms. The predicted octanol–water partition coefficient (Wildman–Crippen LogP) is 2.53. The third-order valence-corrected chi connectivity index (χ3v) is 22.9. The van der Waals surface area contributed by atoms with Crippen LogP contribution in [0.3, 0.4) is 0 Å². The van der Waals surface area contributed by atoms with E-state index in [9.17, 15) is 65.4 Å². The van der Waals surface area contributed by atoms with Crippen LogP contribution >= 0.6 is 11.6 Å². The zero-order valence-corrected chi connectivity index (χ0v) is 68.9. The Morgan fingerprint density at radius 1 is 0.669 bits per heavy atom. The molecule has 0 aliphatic carbocycles. The Balaban J connectivity index is 1.18. The van der Waals surface area contributed by atoms with Crippen LogP contribution in [0.25, 0.3) is 11.1 Å². The first kappa shape index (κ1) is 92.1. The van der Waals surface area contributed by atoms with Gasteiger partial charge in [0.15, 0.2) is 36.2 Å². The fourth-order valence-electron chi connectivity index (χ4n) is 16.0. The summed E-state index contributed by atoms with van der Waals surface area (Å²) in [5, 5.41) is 139. The summed E-state index contributed by atoms with van der Waals surface area (Å²) in [4.78, 5) is 122. The van der Waals surface area contributed by atoms with Crippen molar-refractivity contribution in [2.24, 2.45) is 23.1 Å². The summed E-state index contributed by atoms with van der Waals surface area (Å²) in [6, 6.07) is 0.790. The van der Waals surface area contributed by atoms with Gasteiger partial charge in [0.25, 0.3) is 0 Å². The lowest BCUT2D eigenvalue weighted by Gasteiger charge is -2.47. The van der Waals surface area contributed by atoms with Crippen LogP contribution in [0, 0.1) is 5.92 Å². The van der Waals surface area contributed by atoms with Crippen molar-refractivity contribution in [1.82, 2.24) is 42.5 Å². The number of benzene rings is 5. The normalized spacial score (nSPS) is 30.4. The first-order chi connectivity index (χ1) is 57.3. The number of hydrogen-bond acceptors (Lipinski definition) is 29.